The van der Waals surface area contributed by atoms with Gasteiger partial charge >= 0.3 is 0 Å². The molecule has 140 valence electrons. The fourth-order valence-electron chi connectivity index (χ4n) is 4.54. The molecule has 1 aliphatic rings. The Morgan fingerprint density at radius 1 is 0.926 bits per heavy atom. The molecule has 0 saturated heterocycles. The smallest absolute Gasteiger partial charge is 0 e. The summed E-state index contributed by atoms with van der Waals surface area (Å²) in [5, 5.41) is 2.81. The van der Waals surface area contributed by atoms with Crippen LogP contribution in [0.5, 0.6) is 0 Å². The minimum absolute atomic E-state index is 0. The molecular formula is C26H31Zr-. The van der Waals surface area contributed by atoms with E-state index in [9.17, 15) is 0 Å². The number of rotatable bonds is 3. The maximum Gasteiger partial charge on any atom is 0 e. The van der Waals surface area contributed by atoms with Gasteiger partial charge in [0.15, 0.2) is 0 Å². The first-order chi connectivity index (χ1) is 12.5. The molecule has 0 aromatic heterocycles. The molecule has 0 atom stereocenters. The zero-order chi connectivity index (χ0) is 18.1. The van der Waals surface area contributed by atoms with Crippen molar-refractivity contribution in [2.24, 2.45) is 5.92 Å². The van der Waals surface area contributed by atoms with Crippen LogP contribution in [0.2, 0.25) is 0 Å². The Balaban J connectivity index is 0.00000210. The molecule has 0 amide bonds. The van der Waals surface area contributed by atoms with Crippen molar-refractivity contribution in [2.75, 3.05) is 0 Å². The molecule has 4 rings (SSSR count). The van der Waals surface area contributed by atoms with Crippen molar-refractivity contribution in [3.63, 3.8) is 0 Å². The van der Waals surface area contributed by atoms with E-state index in [4.69, 9.17) is 0 Å². The molecule has 1 saturated carbocycles. The third-order valence-electron chi connectivity index (χ3n) is 6.12. The first kappa shape index (κ1) is 20.7. The van der Waals surface area contributed by atoms with E-state index < -0.39 is 0 Å². The summed E-state index contributed by atoms with van der Waals surface area (Å²) in [6, 6.07) is 20.8. The molecule has 0 aliphatic heterocycles. The van der Waals surface area contributed by atoms with Gasteiger partial charge in [0, 0.05) is 26.2 Å². The Morgan fingerprint density at radius 2 is 1.63 bits per heavy atom. The number of fused-ring (bicyclic) bond motifs is 1. The molecule has 0 heterocycles. The van der Waals surface area contributed by atoms with Crippen LogP contribution >= 0.6 is 0 Å². The van der Waals surface area contributed by atoms with E-state index >= 15 is 0 Å². The molecule has 0 radical (unpaired) electrons. The number of hydrogen-bond acceptors (Lipinski definition) is 0. The van der Waals surface area contributed by atoms with Gasteiger partial charge in [0.05, 0.1) is 0 Å². The van der Waals surface area contributed by atoms with E-state index in [0.717, 1.165) is 5.92 Å². The third kappa shape index (κ3) is 4.68. The zero-order valence-electron chi connectivity index (χ0n) is 17.0. The first-order valence-electron chi connectivity index (χ1n) is 10.3. The summed E-state index contributed by atoms with van der Waals surface area (Å²) in [7, 11) is 0. The molecule has 3 aromatic carbocycles. The van der Waals surface area contributed by atoms with Crippen LogP contribution in [0.4, 0.5) is 0 Å². The van der Waals surface area contributed by atoms with E-state index in [1.165, 1.54) is 71.6 Å². The molecule has 0 bridgehead atoms. The van der Waals surface area contributed by atoms with Crippen LogP contribution < -0.4 is 0 Å². The van der Waals surface area contributed by atoms with Gasteiger partial charge in [0.25, 0.3) is 0 Å². The second-order valence-electron chi connectivity index (χ2n) is 9.21. The molecule has 1 fully saturated rings. The van der Waals surface area contributed by atoms with E-state index in [0.29, 0.717) is 0 Å². The minimum atomic E-state index is 0. The molecule has 1 aliphatic carbocycles. The quantitative estimate of drug-likeness (QED) is 0.371. The molecule has 0 unspecified atom stereocenters. The number of benzene rings is 2. The van der Waals surface area contributed by atoms with Gasteiger partial charge in [-0.1, -0.05) is 88.8 Å². The minimum Gasteiger partial charge on any atom is -0.164 e. The van der Waals surface area contributed by atoms with Crippen LogP contribution in [0.15, 0.2) is 54.6 Å². The SMILES string of the molecule is CC(C)(C)c1ccc(-c2cccc3[cH-]c(CC4CCCCC4)cc23)cc1.[Zr]. The zero-order valence-corrected chi connectivity index (χ0v) is 19.5. The third-order valence-corrected chi connectivity index (χ3v) is 6.12. The fourth-order valence-corrected chi connectivity index (χ4v) is 4.54. The van der Waals surface area contributed by atoms with Crippen molar-refractivity contribution < 1.29 is 26.2 Å². The van der Waals surface area contributed by atoms with Gasteiger partial charge in [-0.3, -0.25) is 0 Å². The van der Waals surface area contributed by atoms with Gasteiger partial charge in [-0.15, -0.1) is 34.5 Å². The Kier molecular flexibility index (Phi) is 6.52. The largest absolute Gasteiger partial charge is 0.164 e. The van der Waals surface area contributed by atoms with Crippen LogP contribution in [-0.2, 0) is 38.0 Å². The predicted octanol–water partition coefficient (Wildman–Crippen LogP) is 7.64. The van der Waals surface area contributed by atoms with Crippen molar-refractivity contribution in [3.8, 4) is 11.1 Å². The van der Waals surface area contributed by atoms with Crippen LogP contribution in [0.25, 0.3) is 21.9 Å². The van der Waals surface area contributed by atoms with Crippen molar-refractivity contribution in [3.05, 3.63) is 65.7 Å². The summed E-state index contributed by atoms with van der Waals surface area (Å²) < 4.78 is 0. The van der Waals surface area contributed by atoms with E-state index in [1.54, 1.807) is 0 Å². The molecule has 0 nitrogen and oxygen atoms in total. The summed E-state index contributed by atoms with van der Waals surface area (Å²) in [6.45, 7) is 6.83. The van der Waals surface area contributed by atoms with Gasteiger partial charge in [-0.25, -0.2) is 0 Å². The second-order valence-corrected chi connectivity index (χ2v) is 9.21. The summed E-state index contributed by atoms with van der Waals surface area (Å²) >= 11 is 0. The molecular weight excluding hydrogens is 404 g/mol. The molecule has 0 N–H and O–H groups in total. The second kappa shape index (κ2) is 8.52. The predicted molar refractivity (Wildman–Crippen MR) is 114 cm³/mol. The first-order valence-corrected chi connectivity index (χ1v) is 10.3. The molecule has 1 heteroatoms. The van der Waals surface area contributed by atoms with Crippen LogP contribution in [-0.4, -0.2) is 0 Å². The fraction of sp³-hybridized carbons (Fsp3) is 0.423. The van der Waals surface area contributed by atoms with Gasteiger partial charge in [0.2, 0.25) is 0 Å². The van der Waals surface area contributed by atoms with E-state index in [2.05, 4.69) is 75.4 Å². The van der Waals surface area contributed by atoms with E-state index in [1.807, 2.05) is 0 Å². The van der Waals surface area contributed by atoms with Gasteiger partial charge in [0.1, 0.15) is 0 Å². The number of hydrogen-bond donors (Lipinski definition) is 0. The van der Waals surface area contributed by atoms with Gasteiger partial charge < -0.3 is 0 Å². The molecule has 3 aromatic rings. The monoisotopic (exact) mass is 433 g/mol. The molecule has 27 heavy (non-hydrogen) atoms. The standard InChI is InChI=1S/C26H31.Zr/c1-26(2,3)23-14-12-21(13-15-23)24-11-7-10-22-17-20(18-25(22)24)16-19-8-5-4-6-9-19;/h7,10-15,17-19H,4-6,8-9,16H2,1-3H3;/q-1;. The Morgan fingerprint density at radius 3 is 2.30 bits per heavy atom. The van der Waals surface area contributed by atoms with Gasteiger partial charge in [-0.05, 0) is 28.9 Å². The summed E-state index contributed by atoms with van der Waals surface area (Å²) in [5.41, 5.74) is 5.84. The topological polar surface area (TPSA) is 0 Å². The maximum atomic E-state index is 2.46. The van der Waals surface area contributed by atoms with Crippen molar-refractivity contribution in [1.82, 2.24) is 0 Å². The summed E-state index contributed by atoms with van der Waals surface area (Å²) in [4.78, 5) is 0. The van der Waals surface area contributed by atoms with Crippen molar-refractivity contribution >= 4 is 10.8 Å². The van der Waals surface area contributed by atoms with Gasteiger partial charge in [-0.2, -0.15) is 6.07 Å². The average Bonchev–Trinajstić information content (AvgIpc) is 3.04. The van der Waals surface area contributed by atoms with Crippen LogP contribution in [0, 0.1) is 5.92 Å². The Labute approximate surface area is 183 Å². The normalized spacial score (nSPS) is 15.7. The maximum absolute atomic E-state index is 2.46. The summed E-state index contributed by atoms with van der Waals surface area (Å²) in [6.07, 6.45) is 8.39. The van der Waals surface area contributed by atoms with Crippen molar-refractivity contribution in [1.29, 1.82) is 0 Å². The van der Waals surface area contributed by atoms with E-state index in [-0.39, 0.29) is 31.6 Å². The Bertz CT molecular complexity index is 871. The average molecular weight is 435 g/mol. The summed E-state index contributed by atoms with van der Waals surface area (Å²) in [5.74, 6) is 0.898. The van der Waals surface area contributed by atoms with Crippen LogP contribution in [0.3, 0.4) is 0 Å². The van der Waals surface area contributed by atoms with Crippen LogP contribution in [0.1, 0.15) is 64.0 Å². The molecule has 0 spiro atoms. The van der Waals surface area contributed by atoms with Crippen molar-refractivity contribution in [2.45, 2.75) is 64.7 Å². The Hall–Kier alpha value is -1.07.